The molecule has 0 aliphatic carbocycles. The van der Waals surface area contributed by atoms with Gasteiger partial charge < -0.3 is 24.0 Å². The summed E-state index contributed by atoms with van der Waals surface area (Å²) in [6.45, 7) is 4.07. The lowest BCUT2D eigenvalue weighted by atomic mass is 9.90. The summed E-state index contributed by atoms with van der Waals surface area (Å²) in [4.78, 5) is 56.3. The number of rotatable bonds is 7. The number of piperidine rings is 1. The van der Waals surface area contributed by atoms with Gasteiger partial charge in [0.05, 0.1) is 43.6 Å². The summed E-state index contributed by atoms with van der Waals surface area (Å²) < 4.78 is 30.5. The molecule has 0 radical (unpaired) electrons. The van der Waals surface area contributed by atoms with Crippen LogP contribution in [0.15, 0.2) is 42.6 Å². The number of fused-ring (bicyclic) bond motifs is 1. The highest BCUT2D eigenvalue weighted by atomic mass is 19.1. The molecule has 2 aromatic carbocycles. The zero-order chi connectivity index (χ0) is 29.8. The number of carbonyl (C=O) groups excluding carboxylic acids is 4. The van der Waals surface area contributed by atoms with Gasteiger partial charge in [0.2, 0.25) is 0 Å². The van der Waals surface area contributed by atoms with Crippen LogP contribution in [0.5, 0.6) is 5.75 Å². The average Bonchev–Trinajstić information content (AvgIpc) is 3.40. The zero-order valence-electron chi connectivity index (χ0n) is 23.8. The SMILES string of the molecule is CCOC(=O)n1cc(C(=O)C(=O)N2CCOCC2)c2cc(C(=O)N3CCC(Cc4ccc(F)cc4)CC3)c(OC)cc21. The molecule has 0 spiro atoms. The molecule has 0 unspecified atom stereocenters. The van der Waals surface area contributed by atoms with Gasteiger partial charge in [-0.3, -0.25) is 19.0 Å². The first-order valence-corrected chi connectivity index (χ1v) is 14.2. The molecule has 0 atom stereocenters. The largest absolute Gasteiger partial charge is 0.496 e. The van der Waals surface area contributed by atoms with E-state index < -0.39 is 17.8 Å². The van der Waals surface area contributed by atoms with Crippen LogP contribution >= 0.6 is 0 Å². The summed E-state index contributed by atoms with van der Waals surface area (Å²) in [5, 5.41) is 0.282. The van der Waals surface area contributed by atoms with Gasteiger partial charge in [0.15, 0.2) is 0 Å². The average molecular weight is 580 g/mol. The number of hydrogen-bond donors (Lipinski definition) is 0. The van der Waals surface area contributed by atoms with Crippen LogP contribution in [0.1, 0.15) is 46.0 Å². The van der Waals surface area contributed by atoms with E-state index in [0.29, 0.717) is 32.2 Å². The van der Waals surface area contributed by atoms with Crippen LogP contribution in [0.25, 0.3) is 10.9 Å². The van der Waals surface area contributed by atoms with E-state index in [9.17, 15) is 23.6 Å². The molecule has 2 fully saturated rings. The first-order chi connectivity index (χ1) is 20.3. The number of aromatic nitrogens is 1. The van der Waals surface area contributed by atoms with Crippen molar-refractivity contribution in [1.82, 2.24) is 14.4 Å². The third-order valence-electron chi connectivity index (χ3n) is 7.90. The molecule has 2 aliphatic heterocycles. The zero-order valence-corrected chi connectivity index (χ0v) is 23.8. The second-order valence-electron chi connectivity index (χ2n) is 10.5. The molecule has 3 aromatic rings. The second-order valence-corrected chi connectivity index (χ2v) is 10.5. The fourth-order valence-corrected chi connectivity index (χ4v) is 5.60. The van der Waals surface area contributed by atoms with Gasteiger partial charge in [-0.15, -0.1) is 0 Å². The maximum Gasteiger partial charge on any atom is 0.418 e. The molecule has 2 amide bonds. The van der Waals surface area contributed by atoms with Gasteiger partial charge in [-0.1, -0.05) is 12.1 Å². The summed E-state index contributed by atoms with van der Waals surface area (Å²) in [5.41, 5.74) is 1.59. The van der Waals surface area contributed by atoms with Gasteiger partial charge in [0.1, 0.15) is 11.6 Å². The molecule has 42 heavy (non-hydrogen) atoms. The molecule has 2 aliphatic rings. The molecule has 2 saturated heterocycles. The van der Waals surface area contributed by atoms with E-state index in [-0.39, 0.29) is 59.2 Å². The molecular weight excluding hydrogens is 545 g/mol. The minimum atomic E-state index is -0.782. The Morgan fingerprint density at radius 1 is 0.952 bits per heavy atom. The lowest BCUT2D eigenvalue weighted by Crippen LogP contribution is -2.44. The first kappa shape index (κ1) is 29.2. The van der Waals surface area contributed by atoms with Crippen LogP contribution in [-0.2, 0) is 20.7 Å². The number of amides is 2. The molecule has 0 N–H and O–H groups in total. The number of ether oxygens (including phenoxy) is 3. The lowest BCUT2D eigenvalue weighted by Gasteiger charge is -2.32. The minimum Gasteiger partial charge on any atom is -0.496 e. The third kappa shape index (κ3) is 6.01. The van der Waals surface area contributed by atoms with Crippen LogP contribution < -0.4 is 4.74 Å². The fourth-order valence-electron chi connectivity index (χ4n) is 5.60. The molecule has 3 heterocycles. The van der Waals surface area contributed by atoms with Crippen molar-refractivity contribution in [2.75, 3.05) is 53.1 Å². The maximum absolute atomic E-state index is 13.8. The van der Waals surface area contributed by atoms with Crippen molar-refractivity contribution in [3.05, 3.63) is 65.1 Å². The Hall–Kier alpha value is -4.25. The summed E-state index contributed by atoms with van der Waals surface area (Å²) in [7, 11) is 1.43. The smallest absolute Gasteiger partial charge is 0.418 e. The van der Waals surface area contributed by atoms with Gasteiger partial charge in [-0.2, -0.15) is 0 Å². The lowest BCUT2D eigenvalue weighted by molar-refractivity contribution is -0.130. The summed E-state index contributed by atoms with van der Waals surface area (Å²) in [5.74, 6) is -1.42. The Morgan fingerprint density at radius 3 is 2.29 bits per heavy atom. The topological polar surface area (TPSA) is 107 Å². The van der Waals surface area contributed by atoms with Gasteiger partial charge in [-0.25, -0.2) is 9.18 Å². The van der Waals surface area contributed by atoms with Crippen molar-refractivity contribution in [3.63, 3.8) is 0 Å². The predicted octanol–water partition coefficient (Wildman–Crippen LogP) is 3.93. The monoisotopic (exact) mass is 579 g/mol. The number of likely N-dealkylation sites (tertiary alicyclic amines) is 1. The summed E-state index contributed by atoms with van der Waals surface area (Å²) in [6.07, 6.45) is 2.94. The van der Waals surface area contributed by atoms with Crippen molar-refractivity contribution in [3.8, 4) is 5.75 Å². The van der Waals surface area contributed by atoms with Gasteiger partial charge in [0, 0.05) is 43.8 Å². The fraction of sp³-hybridized carbons (Fsp3) is 0.419. The molecule has 0 saturated carbocycles. The number of methoxy groups -OCH3 is 1. The van der Waals surface area contributed by atoms with Crippen molar-refractivity contribution >= 4 is 34.6 Å². The Balaban J connectivity index is 1.43. The van der Waals surface area contributed by atoms with Gasteiger partial charge in [0.25, 0.3) is 17.6 Å². The number of carbonyl (C=O) groups is 4. The van der Waals surface area contributed by atoms with Crippen LogP contribution in [0.2, 0.25) is 0 Å². The molecule has 1 aromatic heterocycles. The van der Waals surface area contributed by atoms with Crippen LogP contribution in [0, 0.1) is 11.7 Å². The summed E-state index contributed by atoms with van der Waals surface area (Å²) in [6, 6.07) is 9.54. The van der Waals surface area contributed by atoms with Crippen LogP contribution in [0.3, 0.4) is 0 Å². The van der Waals surface area contributed by atoms with Gasteiger partial charge >= 0.3 is 6.09 Å². The normalized spacial score (nSPS) is 16.0. The van der Waals surface area contributed by atoms with E-state index in [0.717, 1.165) is 29.4 Å². The molecule has 11 heteroatoms. The highest BCUT2D eigenvalue weighted by molar-refractivity contribution is 6.45. The Morgan fingerprint density at radius 2 is 1.64 bits per heavy atom. The molecular formula is C31H34FN3O7. The van der Waals surface area contributed by atoms with E-state index in [1.165, 1.54) is 42.5 Å². The molecule has 10 nitrogen and oxygen atoms in total. The number of halogens is 1. The first-order valence-electron chi connectivity index (χ1n) is 14.2. The molecule has 222 valence electrons. The molecule has 0 bridgehead atoms. The molecule has 5 rings (SSSR count). The Bertz CT molecular complexity index is 1490. The van der Waals surface area contributed by atoms with Crippen molar-refractivity contribution in [2.45, 2.75) is 26.2 Å². The number of ketones is 1. The number of Topliss-reactive ketones (excluding diaryl/α,β-unsaturated/α-hetero) is 1. The van der Waals surface area contributed by atoms with E-state index in [1.807, 2.05) is 0 Å². The van der Waals surface area contributed by atoms with E-state index in [4.69, 9.17) is 14.2 Å². The van der Waals surface area contributed by atoms with Crippen LogP contribution in [0.4, 0.5) is 9.18 Å². The van der Waals surface area contributed by atoms with Crippen molar-refractivity contribution < 1.29 is 37.8 Å². The number of hydrogen-bond acceptors (Lipinski definition) is 7. The van der Waals surface area contributed by atoms with Crippen molar-refractivity contribution in [2.24, 2.45) is 5.92 Å². The van der Waals surface area contributed by atoms with E-state index in [1.54, 1.807) is 24.0 Å². The standard InChI is InChI=1S/C31H34FN3O7/c1-3-42-31(39)35-19-25(28(36)30(38)34-12-14-41-15-13-34)23-17-24(27(40-2)18-26(23)35)29(37)33-10-8-21(9-11-33)16-20-4-6-22(32)7-5-20/h4-7,17-19,21H,3,8-16H2,1-2H3. The minimum absolute atomic E-state index is 0.00394. The van der Waals surface area contributed by atoms with Gasteiger partial charge in [-0.05, 0) is 55.9 Å². The quantitative estimate of drug-likeness (QED) is 0.308. The maximum atomic E-state index is 13.8. The number of morpholine rings is 1. The second kappa shape index (κ2) is 12.7. The Labute approximate surface area is 242 Å². The number of nitrogens with zero attached hydrogens (tertiary/aromatic N) is 3. The summed E-state index contributed by atoms with van der Waals surface area (Å²) >= 11 is 0. The highest BCUT2D eigenvalue weighted by Gasteiger charge is 2.31. The predicted molar refractivity (Wildman–Crippen MR) is 151 cm³/mol. The Kier molecular flexibility index (Phi) is 8.86. The van der Waals surface area contributed by atoms with E-state index in [2.05, 4.69) is 0 Å². The van der Waals surface area contributed by atoms with E-state index >= 15 is 0 Å². The number of benzene rings is 2. The van der Waals surface area contributed by atoms with Crippen molar-refractivity contribution in [1.29, 1.82) is 0 Å². The van der Waals surface area contributed by atoms with Crippen LogP contribution in [-0.4, -0.2) is 91.2 Å². The third-order valence-corrected chi connectivity index (χ3v) is 7.90. The highest BCUT2D eigenvalue weighted by Crippen LogP contribution is 2.33.